The van der Waals surface area contributed by atoms with Gasteiger partial charge in [0, 0.05) is 23.7 Å². The molecule has 96 valence electrons. The van der Waals surface area contributed by atoms with E-state index in [1.165, 1.54) is 12.5 Å². The van der Waals surface area contributed by atoms with Crippen LogP contribution in [-0.4, -0.2) is 23.6 Å². The summed E-state index contributed by atoms with van der Waals surface area (Å²) in [6.45, 7) is -0.102. The zero-order valence-corrected chi connectivity index (χ0v) is 9.12. The Morgan fingerprint density at radius 2 is 2.22 bits per heavy atom. The van der Waals surface area contributed by atoms with E-state index in [2.05, 4.69) is 4.98 Å². The van der Waals surface area contributed by atoms with Gasteiger partial charge in [0.15, 0.2) is 5.58 Å². The Morgan fingerprint density at radius 1 is 1.44 bits per heavy atom. The molecule has 2 heterocycles. The highest BCUT2D eigenvalue weighted by Crippen LogP contribution is 2.20. The van der Waals surface area contributed by atoms with Crippen molar-refractivity contribution in [2.24, 2.45) is 0 Å². The van der Waals surface area contributed by atoms with E-state index < -0.39 is 12.1 Å². The van der Waals surface area contributed by atoms with Crippen LogP contribution in [0, 0.1) is 0 Å². The third-order valence-electron chi connectivity index (χ3n) is 2.40. The van der Waals surface area contributed by atoms with Crippen LogP contribution >= 0.6 is 0 Å². The minimum absolute atomic E-state index is 0.102. The van der Waals surface area contributed by atoms with Gasteiger partial charge >= 0.3 is 12.1 Å². The third kappa shape index (κ3) is 2.61. The van der Waals surface area contributed by atoms with E-state index in [9.17, 15) is 18.0 Å². The van der Waals surface area contributed by atoms with Gasteiger partial charge in [0.05, 0.1) is 12.5 Å². The Bertz CT molecular complexity index is 563. The summed E-state index contributed by atoms with van der Waals surface area (Å²) in [6, 6.07) is 1.71. The van der Waals surface area contributed by atoms with Crippen molar-refractivity contribution in [3.8, 4) is 0 Å². The number of halogens is 3. The molecule has 0 spiro atoms. The second-order valence-electron chi connectivity index (χ2n) is 3.64. The number of aromatic nitrogens is 1. The number of nitrogens with one attached hydrogen (secondary N) is 1. The molecule has 0 bridgehead atoms. The zero-order valence-electron chi connectivity index (χ0n) is 9.12. The van der Waals surface area contributed by atoms with Gasteiger partial charge in [-0.3, -0.25) is 9.78 Å². The first-order chi connectivity index (χ1) is 8.48. The average Bonchev–Trinajstić information content (AvgIpc) is 2.71. The summed E-state index contributed by atoms with van der Waals surface area (Å²) in [6.07, 6.45) is -0.0455. The lowest BCUT2D eigenvalue weighted by molar-refractivity contribution is -0.173. The molecule has 2 aromatic rings. The van der Waals surface area contributed by atoms with E-state index in [4.69, 9.17) is 4.42 Å². The summed E-state index contributed by atoms with van der Waals surface area (Å²) in [7, 11) is 0. The van der Waals surface area contributed by atoms with Crippen LogP contribution in [0.2, 0.25) is 0 Å². The molecular formula is C11H9F3N2O2. The lowest BCUT2D eigenvalue weighted by Gasteiger charge is -2.06. The van der Waals surface area contributed by atoms with Crippen molar-refractivity contribution < 1.29 is 22.4 Å². The van der Waals surface area contributed by atoms with Gasteiger partial charge in [-0.25, -0.2) is 0 Å². The summed E-state index contributed by atoms with van der Waals surface area (Å²) in [5.74, 6) is -1.93. The maximum atomic E-state index is 11.9. The molecular weight excluding hydrogens is 249 g/mol. The molecule has 18 heavy (non-hydrogen) atoms. The van der Waals surface area contributed by atoms with Crippen molar-refractivity contribution in [3.05, 3.63) is 30.3 Å². The Labute approximate surface area is 99.8 Å². The molecule has 0 aromatic carbocycles. The van der Waals surface area contributed by atoms with Gasteiger partial charge in [-0.2, -0.15) is 13.2 Å². The van der Waals surface area contributed by atoms with Crippen molar-refractivity contribution in [2.75, 3.05) is 6.54 Å². The highest BCUT2D eigenvalue weighted by Gasteiger charge is 2.38. The predicted octanol–water partition coefficient (Wildman–Crippen LogP) is 2.05. The molecule has 0 atom stereocenters. The van der Waals surface area contributed by atoms with E-state index in [1.54, 1.807) is 17.6 Å². The molecule has 1 amide bonds. The Hall–Kier alpha value is -2.05. The molecule has 0 fully saturated rings. The predicted molar refractivity (Wildman–Crippen MR) is 56.8 cm³/mol. The summed E-state index contributed by atoms with van der Waals surface area (Å²) in [5, 5.41) is 2.59. The molecule has 0 unspecified atom stereocenters. The molecule has 0 aliphatic heterocycles. The fourth-order valence-electron chi connectivity index (χ4n) is 1.54. The quantitative estimate of drug-likeness (QED) is 0.916. The number of pyridine rings is 1. The number of fused-ring (bicyclic) bond motifs is 1. The molecule has 4 nitrogen and oxygen atoms in total. The summed E-state index contributed by atoms with van der Waals surface area (Å²) in [4.78, 5) is 14.4. The number of carbonyl (C=O) groups excluding carboxylic acids is 1. The fourth-order valence-corrected chi connectivity index (χ4v) is 1.54. The number of amides is 1. The smallest absolute Gasteiger partial charge is 0.462 e. The van der Waals surface area contributed by atoms with Crippen LogP contribution in [0.1, 0.15) is 5.56 Å². The van der Waals surface area contributed by atoms with Crippen LogP contribution in [0.3, 0.4) is 0 Å². The second-order valence-corrected chi connectivity index (χ2v) is 3.64. The van der Waals surface area contributed by atoms with E-state index in [-0.39, 0.29) is 13.0 Å². The first-order valence-electron chi connectivity index (χ1n) is 5.13. The van der Waals surface area contributed by atoms with Crippen LogP contribution in [0.25, 0.3) is 11.0 Å². The van der Waals surface area contributed by atoms with E-state index in [0.29, 0.717) is 5.58 Å². The number of carbonyl (C=O) groups is 1. The first kappa shape index (κ1) is 12.4. The van der Waals surface area contributed by atoms with Gasteiger partial charge in [-0.15, -0.1) is 0 Å². The molecule has 0 saturated heterocycles. The molecule has 2 aromatic heterocycles. The van der Waals surface area contributed by atoms with Crippen LogP contribution < -0.4 is 5.32 Å². The average molecular weight is 258 g/mol. The highest BCUT2D eigenvalue weighted by atomic mass is 19.4. The maximum Gasteiger partial charge on any atom is 0.471 e. The number of hydrogen-bond acceptors (Lipinski definition) is 3. The number of furan rings is 1. The third-order valence-corrected chi connectivity index (χ3v) is 2.40. The molecule has 0 aliphatic rings. The molecule has 0 aliphatic carbocycles. The largest absolute Gasteiger partial charge is 0.471 e. The van der Waals surface area contributed by atoms with Crippen molar-refractivity contribution in [2.45, 2.75) is 12.6 Å². The number of rotatable bonds is 3. The van der Waals surface area contributed by atoms with Crippen LogP contribution in [0.5, 0.6) is 0 Å². The topological polar surface area (TPSA) is 55.1 Å². The molecule has 1 N–H and O–H groups in total. The highest BCUT2D eigenvalue weighted by molar-refractivity contribution is 5.82. The number of alkyl halides is 3. The van der Waals surface area contributed by atoms with E-state index in [1.807, 2.05) is 0 Å². The number of hydrogen-bond donors (Lipinski definition) is 1. The number of nitrogens with zero attached hydrogens (tertiary/aromatic N) is 1. The Kier molecular flexibility index (Phi) is 3.22. The standard InChI is InChI=1S/C11H9F3N2O2/c12-11(13,14)10(17)16-4-1-7-6-18-9-5-15-3-2-8(7)9/h2-3,5-6H,1,4H2,(H,16,17). The summed E-state index contributed by atoms with van der Waals surface area (Å²) in [5.41, 5.74) is 1.30. The van der Waals surface area contributed by atoms with Crippen molar-refractivity contribution in [1.29, 1.82) is 0 Å². The van der Waals surface area contributed by atoms with Crippen molar-refractivity contribution in [1.82, 2.24) is 10.3 Å². The Morgan fingerprint density at radius 3 is 2.94 bits per heavy atom. The van der Waals surface area contributed by atoms with E-state index >= 15 is 0 Å². The maximum absolute atomic E-state index is 11.9. The van der Waals surface area contributed by atoms with Gasteiger partial charge < -0.3 is 9.73 Å². The van der Waals surface area contributed by atoms with Crippen LogP contribution in [0.4, 0.5) is 13.2 Å². The van der Waals surface area contributed by atoms with Gasteiger partial charge in [0.25, 0.3) is 0 Å². The van der Waals surface area contributed by atoms with Crippen molar-refractivity contribution >= 4 is 16.9 Å². The van der Waals surface area contributed by atoms with Gasteiger partial charge in [-0.1, -0.05) is 0 Å². The summed E-state index contributed by atoms with van der Waals surface area (Å²) >= 11 is 0. The monoisotopic (exact) mass is 258 g/mol. The normalized spacial score (nSPS) is 11.7. The van der Waals surface area contributed by atoms with Crippen molar-refractivity contribution in [3.63, 3.8) is 0 Å². The van der Waals surface area contributed by atoms with E-state index in [0.717, 1.165) is 10.9 Å². The van der Waals surface area contributed by atoms with Gasteiger partial charge in [-0.05, 0) is 12.5 Å². The molecule has 7 heteroatoms. The molecule has 0 saturated carbocycles. The fraction of sp³-hybridized carbons (Fsp3) is 0.273. The first-order valence-corrected chi connectivity index (χ1v) is 5.13. The minimum atomic E-state index is -4.84. The second kappa shape index (κ2) is 4.67. The minimum Gasteiger partial charge on any atom is -0.462 e. The summed E-state index contributed by atoms with van der Waals surface area (Å²) < 4.78 is 41.0. The lowest BCUT2D eigenvalue weighted by atomic mass is 10.1. The molecule has 0 radical (unpaired) electrons. The molecule has 2 rings (SSSR count). The lowest BCUT2D eigenvalue weighted by Crippen LogP contribution is -2.37. The van der Waals surface area contributed by atoms with Crippen LogP contribution in [-0.2, 0) is 11.2 Å². The van der Waals surface area contributed by atoms with Gasteiger partial charge in [0.2, 0.25) is 0 Å². The zero-order chi connectivity index (χ0) is 13.2. The van der Waals surface area contributed by atoms with Gasteiger partial charge in [0.1, 0.15) is 0 Å². The van der Waals surface area contributed by atoms with Crippen LogP contribution in [0.15, 0.2) is 29.1 Å². The Balaban J connectivity index is 1.97. The SMILES string of the molecule is O=C(NCCc1coc2cnccc12)C(F)(F)F.